The fourth-order valence-corrected chi connectivity index (χ4v) is 3.33. The number of benzene rings is 2. The summed E-state index contributed by atoms with van der Waals surface area (Å²) in [6.45, 7) is 3.60. The van der Waals surface area contributed by atoms with E-state index >= 15 is 0 Å². The molecule has 2 aromatic rings. The zero-order valence-corrected chi connectivity index (χ0v) is 15.9. The third-order valence-corrected chi connectivity index (χ3v) is 5.37. The molecule has 0 saturated carbocycles. The number of carbonyl (C=O) groups excluding carboxylic acids is 1. The highest BCUT2D eigenvalue weighted by molar-refractivity contribution is 7.89. The van der Waals surface area contributed by atoms with Gasteiger partial charge < -0.3 is 10.1 Å². The van der Waals surface area contributed by atoms with Gasteiger partial charge in [0, 0.05) is 18.7 Å². The van der Waals surface area contributed by atoms with Crippen LogP contribution in [-0.4, -0.2) is 27.2 Å². The molecule has 2 aromatic carbocycles. The number of anilines is 1. The van der Waals surface area contributed by atoms with Crippen LogP contribution in [0.4, 0.5) is 18.9 Å². The van der Waals surface area contributed by atoms with Crippen molar-refractivity contribution in [3.63, 3.8) is 0 Å². The van der Waals surface area contributed by atoms with Crippen molar-refractivity contribution in [3.05, 3.63) is 53.6 Å². The molecular formula is C18H19F3N2O4S. The molecule has 0 aromatic heterocycles. The maximum Gasteiger partial charge on any atom is 0.573 e. The average molecular weight is 416 g/mol. The van der Waals surface area contributed by atoms with Gasteiger partial charge in [-0.25, -0.2) is 13.1 Å². The van der Waals surface area contributed by atoms with E-state index in [-0.39, 0.29) is 23.8 Å². The number of alkyl halides is 3. The molecule has 0 saturated heterocycles. The lowest BCUT2D eigenvalue weighted by molar-refractivity contribution is -0.274. The van der Waals surface area contributed by atoms with E-state index in [4.69, 9.17) is 0 Å². The quantitative estimate of drug-likeness (QED) is 0.724. The second-order valence-corrected chi connectivity index (χ2v) is 7.73. The Labute approximate surface area is 160 Å². The van der Waals surface area contributed by atoms with Crippen molar-refractivity contribution in [2.45, 2.75) is 31.5 Å². The molecule has 0 spiro atoms. The van der Waals surface area contributed by atoms with Crippen LogP contribution in [0, 0.1) is 13.8 Å². The van der Waals surface area contributed by atoms with E-state index in [1.54, 1.807) is 12.1 Å². The van der Waals surface area contributed by atoms with Crippen LogP contribution in [0.1, 0.15) is 17.5 Å². The molecule has 6 nitrogen and oxygen atoms in total. The molecule has 0 aliphatic rings. The van der Waals surface area contributed by atoms with Crippen molar-refractivity contribution < 1.29 is 31.1 Å². The maximum atomic E-state index is 12.2. The number of rotatable bonds is 7. The summed E-state index contributed by atoms with van der Waals surface area (Å²) >= 11 is 0. The molecular weight excluding hydrogens is 397 g/mol. The van der Waals surface area contributed by atoms with Crippen molar-refractivity contribution in [2.24, 2.45) is 0 Å². The molecule has 2 rings (SSSR count). The van der Waals surface area contributed by atoms with Crippen molar-refractivity contribution in [2.75, 3.05) is 11.9 Å². The number of sulfonamides is 1. The van der Waals surface area contributed by atoms with Gasteiger partial charge in [-0.05, 0) is 55.3 Å². The lowest BCUT2D eigenvalue weighted by Crippen LogP contribution is -2.28. The second kappa shape index (κ2) is 8.61. The molecule has 28 heavy (non-hydrogen) atoms. The number of aryl methyl sites for hydroxylation is 1. The smallest absolute Gasteiger partial charge is 0.406 e. The Morgan fingerprint density at radius 3 is 2.32 bits per heavy atom. The lowest BCUT2D eigenvalue weighted by atomic mass is 10.1. The largest absolute Gasteiger partial charge is 0.573 e. The highest BCUT2D eigenvalue weighted by atomic mass is 32.2. The van der Waals surface area contributed by atoms with Gasteiger partial charge in [0.25, 0.3) is 0 Å². The number of carbonyl (C=O) groups is 1. The lowest BCUT2D eigenvalue weighted by Gasteiger charge is -2.11. The SMILES string of the molecule is Cc1cccc(NC(=O)CCNS(=O)(=O)c2ccc(OC(F)(F)F)cc2)c1C. The van der Waals surface area contributed by atoms with Crippen LogP contribution < -0.4 is 14.8 Å². The van der Waals surface area contributed by atoms with Crippen LogP contribution >= 0.6 is 0 Å². The van der Waals surface area contributed by atoms with Crippen LogP contribution in [0.3, 0.4) is 0 Å². The van der Waals surface area contributed by atoms with Gasteiger partial charge >= 0.3 is 6.36 Å². The maximum absolute atomic E-state index is 12.2. The standard InChI is InChI=1S/C18H19F3N2O4S/c1-12-4-3-5-16(13(12)2)23-17(24)10-11-22-28(25,26)15-8-6-14(7-9-15)27-18(19,20)21/h3-9,22H,10-11H2,1-2H3,(H,23,24). The van der Waals surface area contributed by atoms with Crippen molar-refractivity contribution >= 4 is 21.6 Å². The highest BCUT2D eigenvalue weighted by Crippen LogP contribution is 2.24. The molecule has 0 aliphatic carbocycles. The third-order valence-electron chi connectivity index (χ3n) is 3.89. The number of hydrogen-bond acceptors (Lipinski definition) is 4. The first kappa shape index (κ1) is 21.7. The van der Waals surface area contributed by atoms with E-state index in [1.807, 2.05) is 19.9 Å². The first-order valence-corrected chi connectivity index (χ1v) is 9.68. The molecule has 0 atom stereocenters. The summed E-state index contributed by atoms with van der Waals surface area (Å²) in [6, 6.07) is 9.22. The van der Waals surface area contributed by atoms with Crippen molar-refractivity contribution in [3.8, 4) is 5.75 Å². The molecule has 0 aliphatic heterocycles. The summed E-state index contributed by atoms with van der Waals surface area (Å²) in [5.74, 6) is -0.898. The summed E-state index contributed by atoms with van der Waals surface area (Å²) in [4.78, 5) is 11.8. The summed E-state index contributed by atoms with van der Waals surface area (Å²) in [7, 11) is -3.97. The van der Waals surface area contributed by atoms with Gasteiger partial charge in [-0.15, -0.1) is 13.2 Å². The Kier molecular flexibility index (Phi) is 6.68. The Hall–Kier alpha value is -2.59. The Morgan fingerprint density at radius 1 is 1.07 bits per heavy atom. The van der Waals surface area contributed by atoms with Crippen LogP contribution in [0.2, 0.25) is 0 Å². The number of halogens is 3. The van der Waals surface area contributed by atoms with Gasteiger partial charge in [0.05, 0.1) is 4.90 Å². The first-order valence-electron chi connectivity index (χ1n) is 8.19. The number of hydrogen-bond donors (Lipinski definition) is 2. The van der Waals surface area contributed by atoms with E-state index < -0.39 is 22.1 Å². The highest BCUT2D eigenvalue weighted by Gasteiger charge is 2.31. The Morgan fingerprint density at radius 2 is 1.71 bits per heavy atom. The van der Waals surface area contributed by atoms with E-state index in [9.17, 15) is 26.4 Å². The van der Waals surface area contributed by atoms with E-state index in [2.05, 4.69) is 14.8 Å². The molecule has 2 N–H and O–H groups in total. The fraction of sp³-hybridized carbons (Fsp3) is 0.278. The predicted molar refractivity (Wildman–Crippen MR) is 97.5 cm³/mol. The zero-order valence-electron chi connectivity index (χ0n) is 15.1. The number of amides is 1. The van der Waals surface area contributed by atoms with Crippen molar-refractivity contribution in [1.82, 2.24) is 4.72 Å². The van der Waals surface area contributed by atoms with E-state index in [0.717, 1.165) is 35.4 Å². The van der Waals surface area contributed by atoms with E-state index in [1.165, 1.54) is 0 Å². The average Bonchev–Trinajstić information content (AvgIpc) is 2.58. The summed E-state index contributed by atoms with van der Waals surface area (Å²) < 4.78 is 66.6. The first-order chi connectivity index (χ1) is 13.0. The van der Waals surface area contributed by atoms with Gasteiger partial charge in [0.15, 0.2) is 0 Å². The second-order valence-electron chi connectivity index (χ2n) is 5.96. The van der Waals surface area contributed by atoms with Crippen LogP contribution in [0.5, 0.6) is 5.75 Å². The number of ether oxygens (including phenoxy) is 1. The zero-order chi connectivity index (χ0) is 20.9. The van der Waals surface area contributed by atoms with Crippen LogP contribution in [-0.2, 0) is 14.8 Å². The topological polar surface area (TPSA) is 84.5 Å². The summed E-state index contributed by atoms with van der Waals surface area (Å²) in [5.41, 5.74) is 2.57. The minimum atomic E-state index is -4.86. The normalized spacial score (nSPS) is 11.9. The fourth-order valence-electron chi connectivity index (χ4n) is 2.30. The molecule has 10 heteroatoms. The number of nitrogens with one attached hydrogen (secondary N) is 2. The van der Waals surface area contributed by atoms with Gasteiger partial charge in [-0.2, -0.15) is 0 Å². The van der Waals surface area contributed by atoms with E-state index in [0.29, 0.717) is 5.69 Å². The minimum absolute atomic E-state index is 0.109. The van der Waals surface area contributed by atoms with Gasteiger partial charge in [-0.1, -0.05) is 12.1 Å². The molecule has 152 valence electrons. The van der Waals surface area contributed by atoms with Crippen LogP contribution in [0.15, 0.2) is 47.4 Å². The molecule has 0 radical (unpaired) electrons. The summed E-state index contributed by atoms with van der Waals surface area (Å²) in [5, 5.41) is 2.71. The molecule has 0 heterocycles. The Balaban J connectivity index is 1.90. The predicted octanol–water partition coefficient (Wildman–Crippen LogP) is 3.51. The Bertz CT molecular complexity index is 942. The van der Waals surface area contributed by atoms with Crippen molar-refractivity contribution in [1.29, 1.82) is 0 Å². The minimum Gasteiger partial charge on any atom is -0.406 e. The van der Waals surface area contributed by atoms with Gasteiger partial charge in [-0.3, -0.25) is 4.79 Å². The van der Waals surface area contributed by atoms with Gasteiger partial charge in [0.2, 0.25) is 15.9 Å². The molecule has 0 fully saturated rings. The summed E-state index contributed by atoms with van der Waals surface area (Å²) in [6.07, 6.45) is -4.97. The molecule has 0 unspecified atom stereocenters. The van der Waals surface area contributed by atoms with Crippen LogP contribution in [0.25, 0.3) is 0 Å². The monoisotopic (exact) mass is 416 g/mol. The third kappa shape index (κ3) is 6.24. The van der Waals surface area contributed by atoms with Gasteiger partial charge in [0.1, 0.15) is 5.75 Å². The molecule has 1 amide bonds. The molecule has 0 bridgehead atoms.